The fourth-order valence-corrected chi connectivity index (χ4v) is 3.07. The summed E-state index contributed by atoms with van der Waals surface area (Å²) in [6.07, 6.45) is -0.582. The van der Waals surface area contributed by atoms with Gasteiger partial charge in [-0.05, 0) is 39.2 Å². The number of amides is 2. The van der Waals surface area contributed by atoms with Crippen LogP contribution in [0.2, 0.25) is 0 Å². The molecule has 1 aromatic carbocycles. The maximum atomic E-state index is 12.8. The molecule has 1 fully saturated rings. The summed E-state index contributed by atoms with van der Waals surface area (Å²) in [5.41, 5.74) is 0.0528. The van der Waals surface area contributed by atoms with Crippen LogP contribution < -0.4 is 5.32 Å². The van der Waals surface area contributed by atoms with E-state index in [9.17, 15) is 19.2 Å². The van der Waals surface area contributed by atoms with Crippen LogP contribution in [0.25, 0.3) is 0 Å². The molecule has 1 saturated heterocycles. The number of benzene rings is 1. The number of likely N-dealkylation sites (tertiary alicyclic amines) is 1. The molecule has 1 aliphatic rings. The van der Waals surface area contributed by atoms with Gasteiger partial charge in [0.05, 0.1) is 7.11 Å². The standard InChI is InChI=1S/C22H30N2O8/c1-22(2,3)32-21(28)31-14-16(19(26)29-4)23-18(25)17-11-8-12-24(17)20(27)30-13-15-9-6-5-7-10-15/h5-7,9-10,16-17H,8,11-14H2,1-4H3,(H,23,25)/t16-,17-/m0/s1. The Bertz CT molecular complexity index is 806. The summed E-state index contributed by atoms with van der Waals surface area (Å²) < 4.78 is 20.0. The lowest BCUT2D eigenvalue weighted by Crippen LogP contribution is -2.52. The first-order valence-corrected chi connectivity index (χ1v) is 10.3. The normalized spacial score (nSPS) is 16.6. The van der Waals surface area contributed by atoms with Crippen LogP contribution in [0.15, 0.2) is 30.3 Å². The average Bonchev–Trinajstić information content (AvgIpc) is 3.24. The molecule has 176 valence electrons. The average molecular weight is 450 g/mol. The molecule has 1 aliphatic heterocycles. The Kier molecular flexibility index (Phi) is 8.86. The minimum atomic E-state index is -1.25. The van der Waals surface area contributed by atoms with Crippen LogP contribution in [0.4, 0.5) is 9.59 Å². The zero-order valence-corrected chi connectivity index (χ0v) is 18.8. The van der Waals surface area contributed by atoms with Crippen LogP contribution in [-0.2, 0) is 35.1 Å². The molecule has 2 atom stereocenters. The number of nitrogens with one attached hydrogen (secondary N) is 1. The largest absolute Gasteiger partial charge is 0.508 e. The van der Waals surface area contributed by atoms with Crippen LogP contribution in [0, 0.1) is 0 Å². The molecule has 0 spiro atoms. The van der Waals surface area contributed by atoms with Gasteiger partial charge < -0.3 is 24.3 Å². The molecule has 1 heterocycles. The van der Waals surface area contributed by atoms with Gasteiger partial charge in [0.1, 0.15) is 24.9 Å². The molecule has 32 heavy (non-hydrogen) atoms. The molecule has 1 aromatic rings. The Hall–Kier alpha value is -3.30. The van der Waals surface area contributed by atoms with Crippen molar-refractivity contribution in [3.05, 3.63) is 35.9 Å². The molecule has 1 N–H and O–H groups in total. The summed E-state index contributed by atoms with van der Waals surface area (Å²) in [6, 6.07) is 7.12. The Morgan fingerprint density at radius 3 is 2.44 bits per heavy atom. The molecule has 2 amide bonds. The molecule has 10 nitrogen and oxygen atoms in total. The van der Waals surface area contributed by atoms with Crippen molar-refractivity contribution in [3.63, 3.8) is 0 Å². The van der Waals surface area contributed by atoms with Gasteiger partial charge in [0.25, 0.3) is 0 Å². The molecule has 0 radical (unpaired) electrons. The van der Waals surface area contributed by atoms with E-state index in [1.165, 1.54) is 4.90 Å². The van der Waals surface area contributed by atoms with E-state index in [0.29, 0.717) is 19.4 Å². The van der Waals surface area contributed by atoms with E-state index < -0.39 is 48.4 Å². The SMILES string of the molecule is COC(=O)[C@H](COC(=O)OC(C)(C)C)NC(=O)[C@@H]1CCCN1C(=O)OCc1ccccc1. The smallest absolute Gasteiger partial charge is 0.467 e. The second kappa shape index (κ2) is 11.4. The van der Waals surface area contributed by atoms with Crippen molar-refractivity contribution in [2.75, 3.05) is 20.3 Å². The van der Waals surface area contributed by atoms with Crippen LogP contribution in [0.1, 0.15) is 39.2 Å². The lowest BCUT2D eigenvalue weighted by Gasteiger charge is -2.25. The number of hydrogen-bond donors (Lipinski definition) is 1. The van der Waals surface area contributed by atoms with E-state index in [1.807, 2.05) is 30.3 Å². The summed E-state index contributed by atoms with van der Waals surface area (Å²) in [5, 5.41) is 2.49. The second-order valence-electron chi connectivity index (χ2n) is 8.25. The van der Waals surface area contributed by atoms with E-state index in [2.05, 4.69) is 10.1 Å². The Morgan fingerprint density at radius 2 is 1.81 bits per heavy atom. The quantitative estimate of drug-likeness (QED) is 0.497. The third kappa shape index (κ3) is 7.75. The van der Waals surface area contributed by atoms with Gasteiger partial charge in [0, 0.05) is 6.54 Å². The zero-order chi connectivity index (χ0) is 23.7. The highest BCUT2D eigenvalue weighted by Gasteiger charge is 2.37. The molecular formula is C22H30N2O8. The first kappa shape index (κ1) is 25.0. The van der Waals surface area contributed by atoms with Crippen LogP contribution >= 0.6 is 0 Å². The maximum Gasteiger partial charge on any atom is 0.508 e. The summed E-state index contributed by atoms with van der Waals surface area (Å²) in [5.74, 6) is -1.36. The van der Waals surface area contributed by atoms with Crippen molar-refractivity contribution in [3.8, 4) is 0 Å². The summed E-state index contributed by atoms with van der Waals surface area (Å²) in [6.45, 7) is 4.96. The number of carbonyl (C=O) groups is 4. The Morgan fingerprint density at radius 1 is 1.12 bits per heavy atom. The maximum absolute atomic E-state index is 12.8. The number of esters is 1. The fraction of sp³-hybridized carbons (Fsp3) is 0.545. The summed E-state index contributed by atoms with van der Waals surface area (Å²) in [7, 11) is 1.15. The molecule has 2 rings (SSSR count). The van der Waals surface area contributed by atoms with Gasteiger partial charge in [0.15, 0.2) is 6.04 Å². The minimum Gasteiger partial charge on any atom is -0.467 e. The zero-order valence-electron chi connectivity index (χ0n) is 18.8. The van der Waals surface area contributed by atoms with Crippen LogP contribution in [0.3, 0.4) is 0 Å². The first-order chi connectivity index (χ1) is 15.1. The number of carbonyl (C=O) groups excluding carboxylic acids is 4. The summed E-state index contributed by atoms with van der Waals surface area (Å²) in [4.78, 5) is 50.5. The lowest BCUT2D eigenvalue weighted by molar-refractivity contribution is -0.147. The lowest BCUT2D eigenvalue weighted by atomic mass is 10.2. The number of rotatable bonds is 7. The monoisotopic (exact) mass is 450 g/mol. The van der Waals surface area contributed by atoms with Crippen molar-refractivity contribution < 1.29 is 38.1 Å². The molecule has 0 aromatic heterocycles. The predicted octanol–water partition coefficient (Wildman–Crippen LogP) is 2.40. The van der Waals surface area contributed by atoms with Crippen LogP contribution in [0.5, 0.6) is 0 Å². The van der Waals surface area contributed by atoms with Gasteiger partial charge >= 0.3 is 18.2 Å². The van der Waals surface area contributed by atoms with Gasteiger partial charge in [-0.1, -0.05) is 30.3 Å². The molecular weight excluding hydrogens is 420 g/mol. The fourth-order valence-electron chi connectivity index (χ4n) is 3.07. The molecule has 0 bridgehead atoms. The van der Waals surface area contributed by atoms with E-state index in [0.717, 1.165) is 12.7 Å². The molecule has 0 saturated carbocycles. The van der Waals surface area contributed by atoms with Gasteiger partial charge in [-0.15, -0.1) is 0 Å². The number of methoxy groups -OCH3 is 1. The molecule has 10 heteroatoms. The van der Waals surface area contributed by atoms with Crippen LogP contribution in [-0.4, -0.2) is 67.0 Å². The van der Waals surface area contributed by atoms with Crippen molar-refractivity contribution in [1.82, 2.24) is 10.2 Å². The van der Waals surface area contributed by atoms with E-state index >= 15 is 0 Å². The first-order valence-electron chi connectivity index (χ1n) is 10.3. The van der Waals surface area contributed by atoms with Crippen molar-refractivity contribution in [2.24, 2.45) is 0 Å². The van der Waals surface area contributed by atoms with Gasteiger partial charge in [0.2, 0.25) is 5.91 Å². The minimum absolute atomic E-state index is 0.0824. The number of hydrogen-bond acceptors (Lipinski definition) is 8. The highest BCUT2D eigenvalue weighted by molar-refractivity contribution is 5.90. The van der Waals surface area contributed by atoms with E-state index in [1.54, 1.807) is 20.8 Å². The highest BCUT2D eigenvalue weighted by Crippen LogP contribution is 2.19. The van der Waals surface area contributed by atoms with E-state index in [-0.39, 0.29) is 6.61 Å². The van der Waals surface area contributed by atoms with Gasteiger partial charge in [-0.2, -0.15) is 0 Å². The topological polar surface area (TPSA) is 120 Å². The Balaban J connectivity index is 1.94. The molecule has 0 unspecified atom stereocenters. The second-order valence-corrected chi connectivity index (χ2v) is 8.25. The third-order valence-corrected chi connectivity index (χ3v) is 4.55. The third-order valence-electron chi connectivity index (χ3n) is 4.55. The summed E-state index contributed by atoms with van der Waals surface area (Å²) >= 11 is 0. The van der Waals surface area contributed by atoms with Crippen molar-refractivity contribution >= 4 is 24.1 Å². The number of ether oxygens (including phenoxy) is 4. The predicted molar refractivity (Wildman–Crippen MR) is 112 cm³/mol. The van der Waals surface area contributed by atoms with Crippen molar-refractivity contribution in [1.29, 1.82) is 0 Å². The van der Waals surface area contributed by atoms with Crippen molar-refractivity contribution in [2.45, 2.75) is 57.9 Å². The molecule has 0 aliphatic carbocycles. The Labute approximate surface area is 187 Å². The number of nitrogens with zero attached hydrogens (tertiary/aromatic N) is 1. The van der Waals surface area contributed by atoms with Gasteiger partial charge in [-0.25, -0.2) is 14.4 Å². The van der Waals surface area contributed by atoms with E-state index in [4.69, 9.17) is 14.2 Å². The highest BCUT2D eigenvalue weighted by atomic mass is 16.7. The van der Waals surface area contributed by atoms with Gasteiger partial charge in [-0.3, -0.25) is 9.69 Å².